The van der Waals surface area contributed by atoms with Crippen LogP contribution in [0.25, 0.3) is 11.3 Å². The smallest absolute Gasteiger partial charge is 0.258 e. The maximum absolute atomic E-state index is 13.5. The first-order chi connectivity index (χ1) is 16.2. The van der Waals surface area contributed by atoms with Crippen molar-refractivity contribution in [2.75, 3.05) is 0 Å². The number of benzene rings is 3. The van der Waals surface area contributed by atoms with E-state index in [1.165, 1.54) is 35.6 Å². The Kier molecular flexibility index (Phi) is 7.13. The van der Waals surface area contributed by atoms with Crippen molar-refractivity contribution in [3.8, 4) is 11.3 Å². The lowest BCUT2D eigenvalue weighted by molar-refractivity contribution is -0.384. The maximum atomic E-state index is 13.5. The van der Waals surface area contributed by atoms with E-state index in [0.717, 1.165) is 0 Å². The van der Waals surface area contributed by atoms with Gasteiger partial charge in [0.25, 0.3) is 5.69 Å². The van der Waals surface area contributed by atoms with Gasteiger partial charge >= 0.3 is 0 Å². The van der Waals surface area contributed by atoms with Gasteiger partial charge in [0.2, 0.25) is 4.80 Å². The first-order valence-electron chi connectivity index (χ1n) is 9.69. The van der Waals surface area contributed by atoms with E-state index in [-0.39, 0.29) is 16.5 Å². The third kappa shape index (κ3) is 5.20. The van der Waals surface area contributed by atoms with Gasteiger partial charge in [0.1, 0.15) is 10.8 Å². The fraction of sp³-hybridized carbons (Fsp3) is 0.0435. The molecule has 0 aliphatic rings. The molecule has 0 radical (unpaired) electrons. The molecule has 0 saturated heterocycles. The van der Waals surface area contributed by atoms with Crippen LogP contribution in [0.3, 0.4) is 0 Å². The van der Waals surface area contributed by atoms with E-state index < -0.39 is 4.92 Å². The third-order valence-electron chi connectivity index (χ3n) is 4.76. The zero-order chi connectivity index (χ0) is 24.4. The first kappa shape index (κ1) is 24.1. The minimum atomic E-state index is -0.550. The fourth-order valence-corrected chi connectivity index (χ4v) is 4.37. The zero-order valence-corrected chi connectivity index (χ0v) is 20.5. The van der Waals surface area contributed by atoms with E-state index in [9.17, 15) is 14.5 Å². The SMILES string of the molecule is C/C(=N/n1c(-c2ccc(F)cc2)csc1=Nc1ccc(Cl)c(Cl)c1)c1ccc(Cl)c([N+](=O)[O-])c1. The molecule has 34 heavy (non-hydrogen) atoms. The number of aromatic nitrogens is 1. The Bertz CT molecular complexity index is 1500. The van der Waals surface area contributed by atoms with E-state index in [2.05, 4.69) is 10.1 Å². The Labute approximate surface area is 212 Å². The molecular formula is C23H14Cl3FN4O2S. The van der Waals surface area contributed by atoms with Crippen molar-refractivity contribution in [1.82, 2.24) is 4.68 Å². The van der Waals surface area contributed by atoms with Gasteiger partial charge < -0.3 is 0 Å². The molecule has 0 atom stereocenters. The zero-order valence-electron chi connectivity index (χ0n) is 17.4. The lowest BCUT2D eigenvalue weighted by Crippen LogP contribution is -2.14. The van der Waals surface area contributed by atoms with Gasteiger partial charge in [0, 0.05) is 22.6 Å². The molecule has 11 heteroatoms. The Morgan fingerprint density at radius 1 is 1.00 bits per heavy atom. The van der Waals surface area contributed by atoms with Crippen molar-refractivity contribution in [2.24, 2.45) is 10.1 Å². The number of halogens is 4. The average Bonchev–Trinajstić information content (AvgIpc) is 3.18. The summed E-state index contributed by atoms with van der Waals surface area (Å²) < 4.78 is 15.1. The monoisotopic (exact) mass is 534 g/mol. The summed E-state index contributed by atoms with van der Waals surface area (Å²) in [5.41, 5.74) is 2.71. The summed E-state index contributed by atoms with van der Waals surface area (Å²) in [4.78, 5) is 15.9. The Morgan fingerprint density at radius 3 is 2.38 bits per heavy atom. The summed E-state index contributed by atoms with van der Waals surface area (Å²) in [6.45, 7) is 1.72. The third-order valence-corrected chi connectivity index (χ3v) is 6.64. The van der Waals surface area contributed by atoms with Crippen LogP contribution in [-0.2, 0) is 0 Å². The summed E-state index contributed by atoms with van der Waals surface area (Å²) in [5.74, 6) is -0.362. The maximum Gasteiger partial charge on any atom is 0.288 e. The van der Waals surface area contributed by atoms with Gasteiger partial charge in [-0.15, -0.1) is 11.3 Å². The lowest BCUT2D eigenvalue weighted by atomic mass is 10.1. The number of hydrogen-bond donors (Lipinski definition) is 0. The van der Waals surface area contributed by atoms with Gasteiger partial charge in [-0.25, -0.2) is 14.1 Å². The lowest BCUT2D eigenvalue weighted by Gasteiger charge is -2.07. The molecule has 0 spiro atoms. The minimum absolute atomic E-state index is 0.0343. The number of nitrogens with zero attached hydrogens (tertiary/aromatic N) is 4. The van der Waals surface area contributed by atoms with Crippen LogP contribution in [0, 0.1) is 15.9 Å². The molecule has 4 aromatic rings. The van der Waals surface area contributed by atoms with E-state index in [1.54, 1.807) is 48.0 Å². The molecule has 0 saturated carbocycles. The first-order valence-corrected chi connectivity index (χ1v) is 11.7. The molecule has 0 amide bonds. The van der Waals surface area contributed by atoms with Crippen LogP contribution in [0.15, 0.2) is 76.1 Å². The Morgan fingerprint density at radius 2 is 1.71 bits per heavy atom. The highest BCUT2D eigenvalue weighted by Gasteiger charge is 2.15. The molecule has 3 aromatic carbocycles. The predicted octanol–water partition coefficient (Wildman–Crippen LogP) is 7.73. The van der Waals surface area contributed by atoms with Crippen LogP contribution in [-0.4, -0.2) is 15.3 Å². The molecule has 0 bridgehead atoms. The molecule has 0 unspecified atom stereocenters. The highest BCUT2D eigenvalue weighted by molar-refractivity contribution is 7.07. The van der Waals surface area contributed by atoms with Crippen LogP contribution in [0.2, 0.25) is 15.1 Å². The molecule has 0 fully saturated rings. The van der Waals surface area contributed by atoms with E-state index in [0.29, 0.717) is 43.1 Å². The van der Waals surface area contributed by atoms with Gasteiger partial charge in [-0.1, -0.05) is 40.9 Å². The number of hydrogen-bond acceptors (Lipinski definition) is 5. The molecule has 0 aliphatic heterocycles. The summed E-state index contributed by atoms with van der Waals surface area (Å²) in [6, 6.07) is 15.4. The fourth-order valence-electron chi connectivity index (χ4n) is 3.04. The van der Waals surface area contributed by atoms with E-state index in [1.807, 2.05) is 5.38 Å². The normalized spacial score (nSPS) is 12.3. The van der Waals surface area contributed by atoms with Crippen molar-refractivity contribution in [1.29, 1.82) is 0 Å². The van der Waals surface area contributed by atoms with Crippen LogP contribution in [0.4, 0.5) is 15.8 Å². The quantitative estimate of drug-likeness (QED) is 0.149. The standard InChI is InChI=1S/C23H14Cl3FN4O2S/c1-13(15-4-8-19(25)21(10-15)31(32)33)29-30-22(14-2-5-16(27)6-3-14)12-34-23(30)28-17-7-9-18(24)20(26)11-17/h2-12H,1H3/b28-23?,29-13-. The average molecular weight is 536 g/mol. The second-order valence-electron chi connectivity index (χ2n) is 7.04. The second kappa shape index (κ2) is 10.1. The number of nitro groups is 1. The second-order valence-corrected chi connectivity index (χ2v) is 9.10. The van der Waals surface area contributed by atoms with Gasteiger partial charge in [0.05, 0.1) is 32.1 Å². The summed E-state index contributed by atoms with van der Waals surface area (Å²) in [5, 5.41) is 18.6. The number of thiazole rings is 1. The molecule has 0 N–H and O–H groups in total. The van der Waals surface area contributed by atoms with Gasteiger partial charge in [-0.2, -0.15) is 5.10 Å². The van der Waals surface area contributed by atoms with Crippen LogP contribution >= 0.6 is 46.1 Å². The minimum Gasteiger partial charge on any atom is -0.258 e. The van der Waals surface area contributed by atoms with Crippen LogP contribution in [0.1, 0.15) is 12.5 Å². The van der Waals surface area contributed by atoms with Crippen molar-refractivity contribution in [3.05, 3.63) is 107 Å². The van der Waals surface area contributed by atoms with Crippen molar-refractivity contribution in [2.45, 2.75) is 6.92 Å². The number of nitro benzene ring substituents is 1. The molecular weight excluding hydrogens is 522 g/mol. The van der Waals surface area contributed by atoms with Crippen molar-refractivity contribution < 1.29 is 9.31 Å². The largest absolute Gasteiger partial charge is 0.288 e. The number of rotatable bonds is 5. The molecule has 1 aromatic heterocycles. The van der Waals surface area contributed by atoms with Gasteiger partial charge in [-0.05, 0) is 55.5 Å². The summed E-state index contributed by atoms with van der Waals surface area (Å²) in [6.07, 6.45) is 0. The highest BCUT2D eigenvalue weighted by atomic mass is 35.5. The summed E-state index contributed by atoms with van der Waals surface area (Å²) in [7, 11) is 0. The van der Waals surface area contributed by atoms with Crippen molar-refractivity contribution >= 4 is 63.2 Å². The van der Waals surface area contributed by atoms with Gasteiger partial charge in [0.15, 0.2) is 0 Å². The molecule has 0 aliphatic carbocycles. The van der Waals surface area contributed by atoms with Crippen LogP contribution in [0.5, 0.6) is 0 Å². The molecule has 1 heterocycles. The topological polar surface area (TPSA) is 72.8 Å². The Hall–Kier alpha value is -3.04. The molecule has 6 nitrogen and oxygen atoms in total. The van der Waals surface area contributed by atoms with E-state index in [4.69, 9.17) is 34.8 Å². The highest BCUT2D eigenvalue weighted by Crippen LogP contribution is 2.28. The summed E-state index contributed by atoms with van der Waals surface area (Å²) >= 11 is 19.4. The van der Waals surface area contributed by atoms with Crippen molar-refractivity contribution in [3.63, 3.8) is 0 Å². The van der Waals surface area contributed by atoms with Gasteiger partial charge in [-0.3, -0.25) is 10.1 Å². The Balaban J connectivity index is 1.90. The molecule has 4 rings (SSSR count). The molecule has 172 valence electrons. The van der Waals surface area contributed by atoms with E-state index >= 15 is 0 Å². The van der Waals surface area contributed by atoms with Crippen LogP contribution < -0.4 is 4.80 Å². The predicted molar refractivity (Wildman–Crippen MR) is 135 cm³/mol.